The number of anilines is 1. The van der Waals surface area contributed by atoms with E-state index >= 15 is 0 Å². The molecule has 28 heavy (non-hydrogen) atoms. The fraction of sp³-hybridized carbons (Fsp3) is 0.455. The monoisotopic (exact) mass is 379 g/mol. The largest absolute Gasteiger partial charge is 0.490 e. The van der Waals surface area contributed by atoms with Crippen LogP contribution in [0, 0.1) is 5.92 Å². The summed E-state index contributed by atoms with van der Waals surface area (Å²) in [6.45, 7) is 3.22. The number of pyridine rings is 1. The summed E-state index contributed by atoms with van der Waals surface area (Å²) in [7, 11) is 3.75. The number of carbonyl (C=O) groups excluding carboxylic acids is 1. The van der Waals surface area contributed by atoms with Crippen LogP contribution in [0.2, 0.25) is 0 Å². The van der Waals surface area contributed by atoms with Gasteiger partial charge in [-0.2, -0.15) is 0 Å². The third-order valence-electron chi connectivity index (χ3n) is 6.43. The molecule has 1 spiro atoms. The van der Waals surface area contributed by atoms with E-state index in [4.69, 9.17) is 9.47 Å². The van der Waals surface area contributed by atoms with Crippen LogP contribution in [0.25, 0.3) is 0 Å². The molecular formula is C22H25N3O3. The Bertz CT molecular complexity index is 923. The topological polar surface area (TPSA) is 54.9 Å². The smallest absolute Gasteiger partial charge is 0.247 e. The first-order valence-corrected chi connectivity index (χ1v) is 9.92. The van der Waals surface area contributed by atoms with Crippen molar-refractivity contribution in [3.8, 4) is 11.6 Å². The second kappa shape index (κ2) is 6.48. The van der Waals surface area contributed by atoms with Gasteiger partial charge < -0.3 is 19.3 Å². The SMILES string of the molecule is COc1ccc2c(n1)C1(CO2)C(=O)N(CC2CCN(C)CC2)c2ccccc21. The lowest BCUT2D eigenvalue weighted by atomic mass is 9.80. The van der Waals surface area contributed by atoms with E-state index in [1.165, 1.54) is 0 Å². The molecule has 1 amide bonds. The fourth-order valence-electron chi connectivity index (χ4n) is 4.80. The highest BCUT2D eigenvalue weighted by molar-refractivity contribution is 6.11. The van der Waals surface area contributed by atoms with Gasteiger partial charge in [0.25, 0.3) is 0 Å². The number of benzene rings is 1. The molecule has 3 aliphatic rings. The molecule has 1 saturated heterocycles. The number of ether oxygens (including phenoxy) is 2. The van der Waals surface area contributed by atoms with E-state index in [1.807, 2.05) is 29.2 Å². The average Bonchev–Trinajstić information content (AvgIpc) is 3.22. The molecule has 2 aromatic rings. The van der Waals surface area contributed by atoms with Gasteiger partial charge in [0.05, 0.1) is 7.11 Å². The maximum atomic E-state index is 13.8. The van der Waals surface area contributed by atoms with Gasteiger partial charge in [-0.15, -0.1) is 0 Å². The van der Waals surface area contributed by atoms with Gasteiger partial charge in [0.15, 0.2) is 5.41 Å². The predicted octanol–water partition coefficient (Wildman–Crippen LogP) is 2.46. The second-order valence-corrected chi connectivity index (χ2v) is 8.07. The molecule has 146 valence electrons. The summed E-state index contributed by atoms with van der Waals surface area (Å²) in [6, 6.07) is 11.7. The molecule has 0 radical (unpaired) electrons. The fourth-order valence-corrected chi connectivity index (χ4v) is 4.80. The van der Waals surface area contributed by atoms with Crippen LogP contribution in [0.5, 0.6) is 11.6 Å². The second-order valence-electron chi connectivity index (χ2n) is 8.07. The lowest BCUT2D eigenvalue weighted by Crippen LogP contribution is -2.45. The normalized spacial score (nSPS) is 24.4. The first-order valence-electron chi connectivity index (χ1n) is 9.92. The van der Waals surface area contributed by atoms with Crippen LogP contribution in [0.4, 0.5) is 5.69 Å². The highest BCUT2D eigenvalue weighted by Crippen LogP contribution is 2.52. The van der Waals surface area contributed by atoms with Crippen molar-refractivity contribution in [2.45, 2.75) is 18.3 Å². The van der Waals surface area contributed by atoms with Crippen LogP contribution in [0.15, 0.2) is 36.4 Å². The van der Waals surface area contributed by atoms with Crippen molar-refractivity contribution in [3.63, 3.8) is 0 Å². The molecule has 6 nitrogen and oxygen atoms in total. The molecule has 1 aromatic heterocycles. The van der Waals surface area contributed by atoms with E-state index in [0.717, 1.165) is 43.7 Å². The summed E-state index contributed by atoms with van der Waals surface area (Å²) < 4.78 is 11.3. The summed E-state index contributed by atoms with van der Waals surface area (Å²) in [4.78, 5) is 22.8. The van der Waals surface area contributed by atoms with Crippen LogP contribution in [-0.4, -0.2) is 56.2 Å². The standard InChI is InChI=1S/C22H25N3O3/c1-24-11-9-15(10-12-24)13-25-17-6-4-3-5-16(17)22(21(25)26)14-28-18-7-8-19(27-2)23-20(18)22/h3-8,15H,9-14H2,1-2H3. The van der Waals surface area contributed by atoms with Gasteiger partial charge in [-0.25, -0.2) is 4.98 Å². The van der Waals surface area contributed by atoms with Crippen molar-refractivity contribution >= 4 is 11.6 Å². The zero-order chi connectivity index (χ0) is 19.3. The molecule has 5 rings (SSSR count). The Hall–Kier alpha value is -2.60. The third kappa shape index (κ3) is 2.44. The number of hydrogen-bond donors (Lipinski definition) is 0. The number of fused-ring (bicyclic) bond motifs is 4. The Morgan fingerprint density at radius 3 is 2.79 bits per heavy atom. The van der Waals surface area contributed by atoms with E-state index < -0.39 is 5.41 Å². The van der Waals surface area contributed by atoms with E-state index in [-0.39, 0.29) is 5.91 Å². The summed E-state index contributed by atoms with van der Waals surface area (Å²) in [5.74, 6) is 1.77. The highest BCUT2D eigenvalue weighted by atomic mass is 16.5. The number of amides is 1. The van der Waals surface area contributed by atoms with E-state index in [1.54, 1.807) is 13.2 Å². The Labute approximate surface area is 165 Å². The van der Waals surface area contributed by atoms with Crippen molar-refractivity contribution in [1.29, 1.82) is 0 Å². The Balaban J connectivity index is 1.56. The van der Waals surface area contributed by atoms with Crippen LogP contribution in [-0.2, 0) is 10.2 Å². The lowest BCUT2D eigenvalue weighted by molar-refractivity contribution is -0.122. The van der Waals surface area contributed by atoms with E-state index in [0.29, 0.717) is 29.8 Å². The van der Waals surface area contributed by atoms with Crippen molar-refractivity contribution in [3.05, 3.63) is 47.7 Å². The number of nitrogens with zero attached hydrogens (tertiary/aromatic N) is 3. The zero-order valence-corrected chi connectivity index (χ0v) is 16.4. The van der Waals surface area contributed by atoms with Crippen LogP contribution < -0.4 is 14.4 Å². The highest BCUT2D eigenvalue weighted by Gasteiger charge is 2.58. The number of likely N-dealkylation sites (tertiary alicyclic amines) is 1. The van der Waals surface area contributed by atoms with Crippen LogP contribution >= 0.6 is 0 Å². The number of para-hydroxylation sites is 1. The zero-order valence-electron chi connectivity index (χ0n) is 16.4. The third-order valence-corrected chi connectivity index (χ3v) is 6.43. The molecule has 3 aliphatic heterocycles. The molecule has 0 N–H and O–H groups in total. The van der Waals surface area contributed by atoms with Crippen molar-refractivity contribution in [2.24, 2.45) is 5.92 Å². The molecule has 1 unspecified atom stereocenters. The van der Waals surface area contributed by atoms with Crippen LogP contribution in [0.1, 0.15) is 24.1 Å². The molecule has 0 bridgehead atoms. The minimum Gasteiger partial charge on any atom is -0.490 e. The van der Waals surface area contributed by atoms with Crippen molar-refractivity contribution in [2.75, 3.05) is 45.3 Å². The summed E-state index contributed by atoms with van der Waals surface area (Å²) in [5, 5.41) is 0. The summed E-state index contributed by atoms with van der Waals surface area (Å²) in [5.41, 5.74) is 1.79. The molecule has 4 heterocycles. The van der Waals surface area contributed by atoms with Crippen LogP contribution in [0.3, 0.4) is 0 Å². The number of rotatable bonds is 3. The van der Waals surface area contributed by atoms with E-state index in [2.05, 4.69) is 23.0 Å². The number of aromatic nitrogens is 1. The Kier molecular flexibility index (Phi) is 4.05. The maximum absolute atomic E-state index is 13.8. The van der Waals surface area contributed by atoms with Gasteiger partial charge in [0, 0.05) is 23.9 Å². The molecular weight excluding hydrogens is 354 g/mol. The van der Waals surface area contributed by atoms with Gasteiger partial charge in [-0.1, -0.05) is 18.2 Å². The quantitative estimate of drug-likeness (QED) is 0.820. The van der Waals surface area contributed by atoms with Crippen molar-refractivity contribution < 1.29 is 14.3 Å². The average molecular weight is 379 g/mol. The summed E-state index contributed by atoms with van der Waals surface area (Å²) in [6.07, 6.45) is 2.24. The first-order chi connectivity index (χ1) is 13.6. The minimum atomic E-state index is -0.869. The molecule has 6 heteroatoms. The predicted molar refractivity (Wildman–Crippen MR) is 106 cm³/mol. The number of piperidine rings is 1. The molecule has 1 aromatic carbocycles. The Morgan fingerprint density at radius 2 is 2.00 bits per heavy atom. The maximum Gasteiger partial charge on any atom is 0.247 e. The molecule has 1 fully saturated rings. The van der Waals surface area contributed by atoms with E-state index in [9.17, 15) is 4.79 Å². The van der Waals surface area contributed by atoms with Gasteiger partial charge in [0.1, 0.15) is 18.1 Å². The molecule has 0 aliphatic carbocycles. The molecule has 1 atom stereocenters. The minimum absolute atomic E-state index is 0.0760. The Morgan fingerprint density at radius 1 is 1.21 bits per heavy atom. The van der Waals surface area contributed by atoms with Gasteiger partial charge in [-0.3, -0.25) is 4.79 Å². The van der Waals surface area contributed by atoms with Gasteiger partial charge in [-0.05, 0) is 51.0 Å². The number of carbonyl (C=O) groups is 1. The number of hydrogen-bond acceptors (Lipinski definition) is 5. The lowest BCUT2D eigenvalue weighted by Gasteiger charge is -2.32. The molecule has 0 saturated carbocycles. The van der Waals surface area contributed by atoms with Crippen molar-refractivity contribution in [1.82, 2.24) is 9.88 Å². The van der Waals surface area contributed by atoms with Gasteiger partial charge in [0.2, 0.25) is 11.8 Å². The number of methoxy groups -OCH3 is 1. The summed E-state index contributed by atoms with van der Waals surface area (Å²) >= 11 is 0. The van der Waals surface area contributed by atoms with Gasteiger partial charge >= 0.3 is 0 Å². The first kappa shape index (κ1) is 17.5.